The van der Waals surface area contributed by atoms with Crippen LogP contribution in [0.2, 0.25) is 0 Å². The van der Waals surface area contributed by atoms with Crippen LogP contribution in [0.3, 0.4) is 0 Å². The Balaban J connectivity index is 0.00000385. The van der Waals surface area contributed by atoms with E-state index in [2.05, 4.69) is 58.2 Å². The van der Waals surface area contributed by atoms with Crippen molar-refractivity contribution < 1.29 is 9.53 Å². The maximum absolute atomic E-state index is 10.9. The number of carbonyl (C=O) groups excluding carboxylic acids is 1. The number of benzene rings is 2. The molecule has 0 aromatic heterocycles. The van der Waals surface area contributed by atoms with Gasteiger partial charge >= 0.3 is 0 Å². The molecule has 1 amide bonds. The molecule has 3 N–H and O–H groups in total. The average molecular weight is 566 g/mol. The molecule has 2 aromatic rings. The van der Waals surface area contributed by atoms with Crippen LogP contribution in [0, 0.1) is 0 Å². The van der Waals surface area contributed by atoms with E-state index in [1.807, 2.05) is 31.3 Å². The van der Waals surface area contributed by atoms with Crippen LogP contribution in [0.25, 0.3) is 0 Å². The molecule has 0 bridgehead atoms. The third-order valence-electron chi connectivity index (χ3n) is 5.67. The van der Waals surface area contributed by atoms with Gasteiger partial charge in [-0.15, -0.1) is 24.0 Å². The van der Waals surface area contributed by atoms with Gasteiger partial charge in [-0.25, -0.2) is 0 Å². The Labute approximate surface area is 214 Å². The Hall–Kier alpha value is -2.33. The normalized spacial score (nSPS) is 14.7. The Bertz CT molecular complexity index is 909. The highest BCUT2D eigenvalue weighted by Gasteiger charge is 2.19. The topological polar surface area (TPSA) is 83.2 Å². The third kappa shape index (κ3) is 8.51. The first-order valence-corrected chi connectivity index (χ1v) is 11.2. The van der Waals surface area contributed by atoms with Crippen molar-refractivity contribution in [3.63, 3.8) is 0 Å². The maximum atomic E-state index is 10.9. The van der Waals surface area contributed by atoms with Crippen molar-refractivity contribution in [2.24, 2.45) is 10.7 Å². The van der Waals surface area contributed by atoms with E-state index in [0.717, 1.165) is 44.2 Å². The molecule has 2 aromatic carbocycles. The molecule has 8 heteroatoms. The summed E-state index contributed by atoms with van der Waals surface area (Å²) in [5.74, 6) is 1.61. The number of halogens is 1. The molecule has 1 fully saturated rings. The van der Waals surface area contributed by atoms with Crippen LogP contribution in [0.5, 0.6) is 5.75 Å². The summed E-state index contributed by atoms with van der Waals surface area (Å²) < 4.78 is 5.39. The zero-order chi connectivity index (χ0) is 22.9. The Kier molecular flexibility index (Phi) is 10.9. The molecule has 0 unspecified atom stereocenters. The predicted octanol–water partition coefficient (Wildman–Crippen LogP) is 3.19. The van der Waals surface area contributed by atoms with Crippen molar-refractivity contribution in [1.29, 1.82) is 0 Å². The van der Waals surface area contributed by atoms with E-state index < -0.39 is 5.91 Å². The fourth-order valence-corrected chi connectivity index (χ4v) is 3.80. The SMILES string of the molecule is CN=C(NCc1cccc(OCC(N)=O)c1)N1CCN(Cc2ccc(C(C)C)cc2)CC1.I. The van der Waals surface area contributed by atoms with Crippen LogP contribution < -0.4 is 15.8 Å². The van der Waals surface area contributed by atoms with Gasteiger partial charge in [0.1, 0.15) is 5.75 Å². The zero-order valence-corrected chi connectivity index (χ0v) is 22.1. The fourth-order valence-electron chi connectivity index (χ4n) is 3.80. The number of guanidine groups is 1. The Morgan fingerprint density at radius 2 is 1.79 bits per heavy atom. The lowest BCUT2D eigenvalue weighted by atomic mass is 10.0. The number of piperazine rings is 1. The number of primary amides is 1. The molecule has 7 nitrogen and oxygen atoms in total. The number of rotatable bonds is 8. The molecule has 180 valence electrons. The summed E-state index contributed by atoms with van der Waals surface area (Å²) in [5, 5.41) is 3.44. The minimum Gasteiger partial charge on any atom is -0.484 e. The number of nitrogens with one attached hydrogen (secondary N) is 1. The highest BCUT2D eigenvalue weighted by molar-refractivity contribution is 14.0. The molecule has 0 aliphatic carbocycles. The molecule has 0 saturated carbocycles. The first-order chi connectivity index (χ1) is 15.4. The summed E-state index contributed by atoms with van der Waals surface area (Å²) in [7, 11) is 1.82. The minimum absolute atomic E-state index is 0. The smallest absolute Gasteiger partial charge is 0.255 e. The van der Waals surface area contributed by atoms with E-state index >= 15 is 0 Å². The van der Waals surface area contributed by atoms with Crippen LogP contribution >= 0.6 is 24.0 Å². The summed E-state index contributed by atoms with van der Waals surface area (Å²) >= 11 is 0. The van der Waals surface area contributed by atoms with Crippen molar-refractivity contribution in [3.05, 3.63) is 65.2 Å². The number of hydrogen-bond acceptors (Lipinski definition) is 4. The highest BCUT2D eigenvalue weighted by Crippen LogP contribution is 2.17. The molecule has 0 radical (unpaired) electrons. The Morgan fingerprint density at radius 1 is 1.09 bits per heavy atom. The molecule has 1 aliphatic rings. The molecular formula is C25H36IN5O2. The van der Waals surface area contributed by atoms with Crippen molar-refractivity contribution >= 4 is 35.8 Å². The van der Waals surface area contributed by atoms with E-state index in [1.165, 1.54) is 11.1 Å². The van der Waals surface area contributed by atoms with Gasteiger partial charge in [0.05, 0.1) is 0 Å². The van der Waals surface area contributed by atoms with Crippen LogP contribution in [-0.2, 0) is 17.9 Å². The van der Waals surface area contributed by atoms with Gasteiger partial charge in [0.2, 0.25) is 0 Å². The van der Waals surface area contributed by atoms with Gasteiger partial charge in [0.25, 0.3) is 5.91 Å². The molecule has 33 heavy (non-hydrogen) atoms. The van der Waals surface area contributed by atoms with Gasteiger partial charge in [0.15, 0.2) is 12.6 Å². The number of aliphatic imine (C=N–C) groups is 1. The number of nitrogens with zero attached hydrogens (tertiary/aromatic N) is 3. The van der Waals surface area contributed by atoms with Crippen molar-refractivity contribution in [2.45, 2.75) is 32.9 Å². The maximum Gasteiger partial charge on any atom is 0.255 e. The number of hydrogen-bond donors (Lipinski definition) is 2. The van der Waals surface area contributed by atoms with Gasteiger partial charge in [-0.05, 0) is 34.7 Å². The molecule has 0 atom stereocenters. The summed E-state index contributed by atoms with van der Waals surface area (Å²) in [6.45, 7) is 9.82. The second-order valence-electron chi connectivity index (χ2n) is 8.46. The first-order valence-electron chi connectivity index (χ1n) is 11.2. The second kappa shape index (κ2) is 13.4. The van der Waals surface area contributed by atoms with Crippen molar-refractivity contribution in [3.8, 4) is 5.75 Å². The zero-order valence-electron chi connectivity index (χ0n) is 19.8. The number of amides is 1. The summed E-state index contributed by atoms with van der Waals surface area (Å²) in [4.78, 5) is 20.2. The molecule has 1 heterocycles. The van der Waals surface area contributed by atoms with Gasteiger partial charge in [-0.2, -0.15) is 0 Å². The number of carbonyl (C=O) groups is 1. The Morgan fingerprint density at radius 3 is 2.39 bits per heavy atom. The van der Waals surface area contributed by atoms with Crippen LogP contribution in [-0.4, -0.2) is 61.5 Å². The first kappa shape index (κ1) is 26.9. The minimum atomic E-state index is -0.486. The quantitative estimate of drug-likeness (QED) is 0.292. The lowest BCUT2D eigenvalue weighted by molar-refractivity contribution is -0.119. The molecule has 1 aliphatic heterocycles. The molecular weight excluding hydrogens is 529 g/mol. The van der Waals surface area contributed by atoms with Crippen molar-refractivity contribution in [2.75, 3.05) is 39.8 Å². The average Bonchev–Trinajstić information content (AvgIpc) is 2.80. The van der Waals surface area contributed by atoms with Crippen LogP contribution in [0.1, 0.15) is 36.5 Å². The van der Waals surface area contributed by atoms with Gasteiger partial charge in [0, 0.05) is 46.3 Å². The van der Waals surface area contributed by atoms with Crippen LogP contribution in [0.15, 0.2) is 53.5 Å². The predicted molar refractivity (Wildman–Crippen MR) is 144 cm³/mol. The number of nitrogens with two attached hydrogens (primary N) is 1. The molecule has 3 rings (SSSR count). The van der Waals surface area contributed by atoms with Crippen LogP contribution in [0.4, 0.5) is 0 Å². The fraction of sp³-hybridized carbons (Fsp3) is 0.440. The van der Waals surface area contributed by atoms with Gasteiger partial charge in [-0.1, -0.05) is 50.2 Å². The van der Waals surface area contributed by atoms with E-state index in [4.69, 9.17) is 10.5 Å². The summed E-state index contributed by atoms with van der Waals surface area (Å²) in [5.41, 5.74) is 8.95. The van der Waals surface area contributed by atoms with E-state index in [9.17, 15) is 4.79 Å². The van der Waals surface area contributed by atoms with Crippen molar-refractivity contribution in [1.82, 2.24) is 15.1 Å². The highest BCUT2D eigenvalue weighted by atomic mass is 127. The third-order valence-corrected chi connectivity index (χ3v) is 5.67. The standard InChI is InChI=1S/C25H35N5O2.HI/c1-19(2)22-9-7-20(8-10-22)17-29-11-13-30(14-12-29)25(27-3)28-16-21-5-4-6-23(15-21)32-18-24(26)31;/h4-10,15,19H,11-14,16-18H2,1-3H3,(H2,26,31)(H,27,28);1H. The summed E-state index contributed by atoms with van der Waals surface area (Å²) in [6.07, 6.45) is 0. The molecule has 0 spiro atoms. The summed E-state index contributed by atoms with van der Waals surface area (Å²) in [6, 6.07) is 16.6. The lowest BCUT2D eigenvalue weighted by Gasteiger charge is -2.36. The van der Waals surface area contributed by atoms with E-state index in [1.54, 1.807) is 0 Å². The lowest BCUT2D eigenvalue weighted by Crippen LogP contribution is -2.52. The van der Waals surface area contributed by atoms with E-state index in [0.29, 0.717) is 18.2 Å². The second-order valence-corrected chi connectivity index (χ2v) is 8.46. The monoisotopic (exact) mass is 565 g/mol. The van der Waals surface area contributed by atoms with Gasteiger partial charge in [-0.3, -0.25) is 14.7 Å². The number of ether oxygens (including phenoxy) is 1. The molecule has 1 saturated heterocycles. The largest absolute Gasteiger partial charge is 0.484 e. The van der Waals surface area contributed by atoms with E-state index in [-0.39, 0.29) is 30.6 Å². The van der Waals surface area contributed by atoms with Gasteiger partial charge < -0.3 is 20.7 Å².